The molecule has 21 heavy (non-hydrogen) atoms. The second-order valence-electron chi connectivity index (χ2n) is 4.82. The molecular formula is C17H22N2O2. The van der Waals surface area contributed by atoms with Crippen LogP contribution in [0.3, 0.4) is 0 Å². The molecule has 0 bridgehead atoms. The fraction of sp³-hybridized carbons (Fsp3) is 0.294. The highest BCUT2D eigenvalue weighted by molar-refractivity contribution is 5.47. The van der Waals surface area contributed by atoms with E-state index in [2.05, 4.69) is 11.5 Å². The predicted molar refractivity (Wildman–Crippen MR) is 84.5 cm³/mol. The van der Waals surface area contributed by atoms with E-state index in [1.54, 1.807) is 7.11 Å². The quantitative estimate of drug-likeness (QED) is 0.633. The molecule has 4 heteroatoms. The number of methoxy groups -OCH3 is 1. The molecule has 1 atom stereocenters. The van der Waals surface area contributed by atoms with Crippen molar-refractivity contribution < 1.29 is 9.47 Å². The lowest BCUT2D eigenvalue weighted by molar-refractivity contribution is 0.333. The van der Waals surface area contributed by atoms with Crippen molar-refractivity contribution in [1.82, 2.24) is 5.43 Å². The van der Waals surface area contributed by atoms with Gasteiger partial charge in [0.05, 0.1) is 19.8 Å². The molecule has 2 aromatic carbocycles. The van der Waals surface area contributed by atoms with E-state index in [0.717, 1.165) is 28.2 Å². The third-order valence-electron chi connectivity index (χ3n) is 3.39. The molecule has 4 nitrogen and oxygen atoms in total. The molecular weight excluding hydrogens is 264 g/mol. The Morgan fingerprint density at radius 2 is 1.86 bits per heavy atom. The number of rotatable bonds is 6. The van der Waals surface area contributed by atoms with Crippen LogP contribution in [-0.2, 0) is 0 Å². The van der Waals surface area contributed by atoms with Gasteiger partial charge < -0.3 is 9.47 Å². The minimum absolute atomic E-state index is 0.192. The monoisotopic (exact) mass is 286 g/mol. The molecule has 112 valence electrons. The third kappa shape index (κ3) is 3.35. The van der Waals surface area contributed by atoms with Crippen LogP contribution in [0.2, 0.25) is 0 Å². The van der Waals surface area contributed by atoms with Gasteiger partial charge >= 0.3 is 0 Å². The summed E-state index contributed by atoms with van der Waals surface area (Å²) in [5.41, 5.74) is 6.01. The summed E-state index contributed by atoms with van der Waals surface area (Å²) in [6.07, 6.45) is 0. The summed E-state index contributed by atoms with van der Waals surface area (Å²) in [4.78, 5) is 0. The largest absolute Gasteiger partial charge is 0.496 e. The number of nitrogens with one attached hydrogen (secondary N) is 1. The Bertz CT molecular complexity index is 599. The molecule has 0 aliphatic heterocycles. The number of aryl methyl sites for hydroxylation is 1. The summed E-state index contributed by atoms with van der Waals surface area (Å²) in [5.74, 6) is 7.44. The molecule has 1 unspecified atom stereocenters. The fourth-order valence-corrected chi connectivity index (χ4v) is 2.43. The lowest BCUT2D eigenvalue weighted by Crippen LogP contribution is -2.29. The van der Waals surface area contributed by atoms with E-state index in [0.29, 0.717) is 6.61 Å². The van der Waals surface area contributed by atoms with Crippen molar-refractivity contribution in [2.24, 2.45) is 5.84 Å². The zero-order valence-electron chi connectivity index (χ0n) is 12.7. The van der Waals surface area contributed by atoms with Crippen LogP contribution in [0, 0.1) is 6.92 Å². The number of hydrogen-bond donors (Lipinski definition) is 2. The van der Waals surface area contributed by atoms with Crippen LogP contribution in [-0.4, -0.2) is 13.7 Å². The molecule has 0 aromatic heterocycles. The highest BCUT2D eigenvalue weighted by Crippen LogP contribution is 2.34. The Kier molecular flexibility index (Phi) is 5.20. The standard InChI is InChI=1S/C17H22N2O2/c1-4-21-16-8-6-5-7-13(16)17(19-18)14-11-12(2)9-10-15(14)20-3/h5-11,17,19H,4,18H2,1-3H3. The first kappa shape index (κ1) is 15.4. The average molecular weight is 286 g/mol. The van der Waals surface area contributed by atoms with E-state index in [9.17, 15) is 0 Å². The minimum atomic E-state index is -0.192. The summed E-state index contributed by atoms with van der Waals surface area (Å²) in [6.45, 7) is 4.62. The maximum Gasteiger partial charge on any atom is 0.124 e. The number of benzene rings is 2. The van der Waals surface area contributed by atoms with Crippen molar-refractivity contribution in [2.45, 2.75) is 19.9 Å². The normalized spacial score (nSPS) is 12.0. The van der Waals surface area contributed by atoms with Crippen LogP contribution in [0.5, 0.6) is 11.5 Å². The molecule has 0 saturated heterocycles. The Labute approximate surface area is 125 Å². The molecule has 0 spiro atoms. The summed E-state index contributed by atoms with van der Waals surface area (Å²) in [6, 6.07) is 13.7. The van der Waals surface area contributed by atoms with Crippen molar-refractivity contribution in [2.75, 3.05) is 13.7 Å². The maximum absolute atomic E-state index is 5.81. The van der Waals surface area contributed by atoms with E-state index >= 15 is 0 Å². The Hall–Kier alpha value is -2.04. The van der Waals surface area contributed by atoms with Gasteiger partial charge in [-0.05, 0) is 26.0 Å². The fourth-order valence-electron chi connectivity index (χ4n) is 2.43. The van der Waals surface area contributed by atoms with Crippen molar-refractivity contribution in [3.05, 3.63) is 59.2 Å². The van der Waals surface area contributed by atoms with Gasteiger partial charge in [-0.25, -0.2) is 5.43 Å². The molecule has 0 fully saturated rings. The minimum Gasteiger partial charge on any atom is -0.496 e. The topological polar surface area (TPSA) is 56.5 Å². The zero-order chi connectivity index (χ0) is 15.2. The van der Waals surface area contributed by atoms with E-state index < -0.39 is 0 Å². The van der Waals surface area contributed by atoms with Gasteiger partial charge in [0, 0.05) is 11.1 Å². The SMILES string of the molecule is CCOc1ccccc1C(NN)c1cc(C)ccc1OC. The molecule has 0 aliphatic carbocycles. The molecule has 3 N–H and O–H groups in total. The van der Waals surface area contributed by atoms with Crippen molar-refractivity contribution in [1.29, 1.82) is 0 Å². The lowest BCUT2D eigenvalue weighted by Gasteiger charge is -2.22. The molecule has 0 saturated carbocycles. The van der Waals surface area contributed by atoms with Crippen LogP contribution in [0.1, 0.15) is 29.7 Å². The van der Waals surface area contributed by atoms with Crippen LogP contribution >= 0.6 is 0 Å². The first-order chi connectivity index (χ1) is 10.2. The van der Waals surface area contributed by atoms with E-state index in [1.165, 1.54) is 0 Å². The summed E-state index contributed by atoms with van der Waals surface area (Å²) in [7, 11) is 1.66. The predicted octanol–water partition coefficient (Wildman–Crippen LogP) is 2.96. The maximum atomic E-state index is 5.81. The van der Waals surface area contributed by atoms with Crippen LogP contribution in [0.25, 0.3) is 0 Å². The van der Waals surface area contributed by atoms with Gasteiger partial charge in [-0.2, -0.15) is 0 Å². The smallest absolute Gasteiger partial charge is 0.124 e. The Balaban J connectivity index is 2.52. The lowest BCUT2D eigenvalue weighted by atomic mass is 9.96. The third-order valence-corrected chi connectivity index (χ3v) is 3.39. The first-order valence-corrected chi connectivity index (χ1v) is 7.03. The Morgan fingerprint density at radius 1 is 1.10 bits per heavy atom. The molecule has 2 aromatic rings. The van der Waals surface area contributed by atoms with Crippen molar-refractivity contribution >= 4 is 0 Å². The van der Waals surface area contributed by atoms with Gasteiger partial charge in [0.15, 0.2) is 0 Å². The van der Waals surface area contributed by atoms with Gasteiger partial charge in [-0.15, -0.1) is 0 Å². The molecule has 2 rings (SSSR count). The van der Waals surface area contributed by atoms with E-state index in [-0.39, 0.29) is 6.04 Å². The number of nitrogens with two attached hydrogens (primary N) is 1. The van der Waals surface area contributed by atoms with Gasteiger partial charge in [0.1, 0.15) is 11.5 Å². The number of para-hydroxylation sites is 1. The molecule has 0 amide bonds. The van der Waals surface area contributed by atoms with Crippen molar-refractivity contribution in [3.63, 3.8) is 0 Å². The number of hydrogen-bond acceptors (Lipinski definition) is 4. The highest BCUT2D eigenvalue weighted by atomic mass is 16.5. The van der Waals surface area contributed by atoms with Crippen LogP contribution in [0.4, 0.5) is 0 Å². The van der Waals surface area contributed by atoms with Gasteiger partial charge in [0.2, 0.25) is 0 Å². The highest BCUT2D eigenvalue weighted by Gasteiger charge is 2.20. The van der Waals surface area contributed by atoms with E-state index in [1.807, 2.05) is 50.2 Å². The molecule has 0 radical (unpaired) electrons. The Morgan fingerprint density at radius 3 is 2.52 bits per heavy atom. The molecule has 0 heterocycles. The first-order valence-electron chi connectivity index (χ1n) is 7.03. The second-order valence-corrected chi connectivity index (χ2v) is 4.82. The van der Waals surface area contributed by atoms with Crippen molar-refractivity contribution in [3.8, 4) is 11.5 Å². The van der Waals surface area contributed by atoms with Crippen LogP contribution < -0.4 is 20.7 Å². The second kappa shape index (κ2) is 7.11. The van der Waals surface area contributed by atoms with E-state index in [4.69, 9.17) is 15.3 Å². The van der Waals surface area contributed by atoms with Crippen LogP contribution in [0.15, 0.2) is 42.5 Å². The zero-order valence-corrected chi connectivity index (χ0v) is 12.7. The number of ether oxygens (including phenoxy) is 2. The number of hydrazine groups is 1. The van der Waals surface area contributed by atoms with Gasteiger partial charge in [0.25, 0.3) is 0 Å². The van der Waals surface area contributed by atoms with Gasteiger partial charge in [-0.1, -0.05) is 35.9 Å². The summed E-state index contributed by atoms with van der Waals surface area (Å²) in [5, 5.41) is 0. The molecule has 0 aliphatic rings. The van der Waals surface area contributed by atoms with Gasteiger partial charge in [-0.3, -0.25) is 5.84 Å². The summed E-state index contributed by atoms with van der Waals surface area (Å²) >= 11 is 0. The average Bonchev–Trinajstić information content (AvgIpc) is 2.50. The summed E-state index contributed by atoms with van der Waals surface area (Å²) < 4.78 is 11.2.